The number of pyridine rings is 1. The molecule has 1 amide bonds. The molecule has 0 spiro atoms. The first-order chi connectivity index (χ1) is 13.5. The van der Waals surface area contributed by atoms with E-state index in [1.165, 1.54) is 11.3 Å². The quantitative estimate of drug-likeness (QED) is 0.358. The summed E-state index contributed by atoms with van der Waals surface area (Å²) in [4.78, 5) is 23.8. The smallest absolute Gasteiger partial charge is 0.261 e. The molecule has 4 nitrogen and oxygen atoms in total. The van der Waals surface area contributed by atoms with Crippen molar-refractivity contribution < 1.29 is 4.79 Å². The third kappa shape index (κ3) is 3.84. The van der Waals surface area contributed by atoms with Crippen molar-refractivity contribution >= 4 is 67.4 Å². The van der Waals surface area contributed by atoms with Crippen molar-refractivity contribution in [2.45, 2.75) is 6.54 Å². The minimum atomic E-state index is -0.289. The predicted octanol–water partition coefficient (Wildman–Crippen LogP) is 6.50. The number of nitrogens with zero attached hydrogens (tertiary/aromatic N) is 3. The number of anilines is 1. The van der Waals surface area contributed by atoms with Crippen LogP contribution < -0.4 is 4.90 Å². The molecule has 140 valence electrons. The lowest BCUT2D eigenvalue weighted by atomic mass is 10.2. The van der Waals surface area contributed by atoms with Gasteiger partial charge in [-0.3, -0.25) is 14.7 Å². The van der Waals surface area contributed by atoms with Gasteiger partial charge in [0.15, 0.2) is 5.13 Å². The predicted molar refractivity (Wildman–Crippen MR) is 116 cm³/mol. The van der Waals surface area contributed by atoms with E-state index in [1.807, 2.05) is 30.3 Å². The Morgan fingerprint density at radius 2 is 1.86 bits per heavy atom. The van der Waals surface area contributed by atoms with E-state index in [0.717, 1.165) is 10.4 Å². The highest BCUT2D eigenvalue weighted by molar-refractivity contribution is 7.22. The SMILES string of the molecule is O=C(c1ccc(Cl)cc1Cl)N(Cc1ccccn1)c1nc2c(Cl)cccc2s1. The summed E-state index contributed by atoms with van der Waals surface area (Å²) in [6.45, 7) is 0.246. The first-order valence-electron chi connectivity index (χ1n) is 8.25. The standard InChI is InChI=1S/C20H12Cl3N3OS/c21-12-7-8-14(16(23)10-12)19(27)26(11-13-4-1-2-9-24-13)20-25-18-15(22)5-3-6-17(18)28-20/h1-10H,11H2. The van der Waals surface area contributed by atoms with Crippen LogP contribution in [0.1, 0.15) is 16.1 Å². The molecule has 0 saturated carbocycles. The largest absolute Gasteiger partial charge is 0.278 e. The molecule has 2 aromatic carbocycles. The molecule has 0 fully saturated rings. The Bertz CT molecular complexity index is 1160. The van der Waals surface area contributed by atoms with E-state index < -0.39 is 0 Å². The summed E-state index contributed by atoms with van der Waals surface area (Å²) in [6, 6.07) is 15.9. The highest BCUT2D eigenvalue weighted by Gasteiger charge is 2.24. The molecule has 0 aliphatic carbocycles. The Morgan fingerprint density at radius 1 is 1.00 bits per heavy atom. The van der Waals surface area contributed by atoms with Crippen LogP contribution in [-0.4, -0.2) is 15.9 Å². The molecule has 0 unspecified atom stereocenters. The van der Waals surface area contributed by atoms with Crippen molar-refractivity contribution in [3.05, 3.63) is 87.1 Å². The van der Waals surface area contributed by atoms with Gasteiger partial charge in [0.25, 0.3) is 5.91 Å². The Balaban J connectivity index is 1.80. The van der Waals surface area contributed by atoms with E-state index in [0.29, 0.717) is 26.3 Å². The zero-order chi connectivity index (χ0) is 19.7. The molecule has 0 aliphatic rings. The number of hydrogen-bond donors (Lipinski definition) is 0. The Labute approximate surface area is 180 Å². The third-order valence-electron chi connectivity index (χ3n) is 4.04. The highest BCUT2D eigenvalue weighted by Crippen LogP contribution is 2.34. The average molecular weight is 449 g/mol. The van der Waals surface area contributed by atoms with Gasteiger partial charge in [-0.25, -0.2) is 4.98 Å². The summed E-state index contributed by atoms with van der Waals surface area (Å²) in [5.41, 5.74) is 1.73. The summed E-state index contributed by atoms with van der Waals surface area (Å²) in [7, 11) is 0. The molecule has 2 aromatic heterocycles. The minimum Gasteiger partial charge on any atom is -0.278 e. The van der Waals surface area contributed by atoms with Gasteiger partial charge in [-0.05, 0) is 42.5 Å². The van der Waals surface area contributed by atoms with Gasteiger partial charge in [-0.1, -0.05) is 58.3 Å². The first-order valence-corrected chi connectivity index (χ1v) is 10.2. The number of aromatic nitrogens is 2. The van der Waals surface area contributed by atoms with Crippen LogP contribution in [0.25, 0.3) is 10.2 Å². The van der Waals surface area contributed by atoms with E-state index in [2.05, 4.69) is 9.97 Å². The number of fused-ring (bicyclic) bond motifs is 1. The maximum Gasteiger partial charge on any atom is 0.261 e. The van der Waals surface area contributed by atoms with Crippen LogP contribution in [0.5, 0.6) is 0 Å². The summed E-state index contributed by atoms with van der Waals surface area (Å²) >= 11 is 19.9. The van der Waals surface area contributed by atoms with Crippen LogP contribution in [0.4, 0.5) is 5.13 Å². The molecule has 0 atom stereocenters. The number of thiazole rings is 1. The number of benzene rings is 2. The minimum absolute atomic E-state index is 0.246. The summed E-state index contributed by atoms with van der Waals surface area (Å²) < 4.78 is 0.892. The van der Waals surface area contributed by atoms with E-state index in [1.54, 1.807) is 35.4 Å². The average Bonchev–Trinajstić information content (AvgIpc) is 3.12. The van der Waals surface area contributed by atoms with Crippen molar-refractivity contribution in [2.24, 2.45) is 0 Å². The number of para-hydroxylation sites is 1. The van der Waals surface area contributed by atoms with E-state index in [4.69, 9.17) is 34.8 Å². The number of carbonyl (C=O) groups excluding carboxylic acids is 1. The number of halogens is 3. The van der Waals surface area contributed by atoms with Gasteiger partial charge in [0, 0.05) is 11.2 Å². The second-order valence-corrected chi connectivity index (χ2v) is 8.18. The molecule has 4 aromatic rings. The molecular formula is C20H12Cl3N3OS. The van der Waals surface area contributed by atoms with Crippen molar-refractivity contribution in [3.63, 3.8) is 0 Å². The molecule has 0 aliphatic heterocycles. The van der Waals surface area contributed by atoms with Gasteiger partial charge >= 0.3 is 0 Å². The zero-order valence-electron chi connectivity index (χ0n) is 14.3. The van der Waals surface area contributed by atoms with Crippen molar-refractivity contribution in [1.29, 1.82) is 0 Å². The Kier molecular flexibility index (Phi) is 5.51. The fourth-order valence-electron chi connectivity index (χ4n) is 2.71. The van der Waals surface area contributed by atoms with E-state index in [9.17, 15) is 4.79 Å². The fraction of sp³-hybridized carbons (Fsp3) is 0.0500. The molecule has 28 heavy (non-hydrogen) atoms. The fourth-order valence-corrected chi connectivity index (χ4v) is 4.46. The lowest BCUT2D eigenvalue weighted by Gasteiger charge is -2.20. The second-order valence-electron chi connectivity index (χ2n) is 5.92. The first kappa shape index (κ1) is 19.2. The van der Waals surface area contributed by atoms with Crippen molar-refractivity contribution in [1.82, 2.24) is 9.97 Å². The van der Waals surface area contributed by atoms with Crippen molar-refractivity contribution in [3.8, 4) is 0 Å². The monoisotopic (exact) mass is 447 g/mol. The lowest BCUT2D eigenvalue weighted by molar-refractivity contribution is 0.0985. The summed E-state index contributed by atoms with van der Waals surface area (Å²) in [6.07, 6.45) is 1.68. The molecule has 8 heteroatoms. The second kappa shape index (κ2) is 8.05. The van der Waals surface area contributed by atoms with Gasteiger partial charge in [-0.2, -0.15) is 0 Å². The van der Waals surface area contributed by atoms with Gasteiger partial charge in [0.1, 0.15) is 5.52 Å². The Hall–Kier alpha value is -2.18. The van der Waals surface area contributed by atoms with Gasteiger partial charge in [-0.15, -0.1) is 0 Å². The third-order valence-corrected chi connectivity index (χ3v) is 5.94. The van der Waals surface area contributed by atoms with Gasteiger partial charge in [0.05, 0.1) is 32.5 Å². The molecule has 0 N–H and O–H groups in total. The van der Waals surface area contributed by atoms with Gasteiger partial charge in [0.2, 0.25) is 0 Å². The zero-order valence-corrected chi connectivity index (χ0v) is 17.4. The molecule has 2 heterocycles. The molecule has 4 rings (SSSR count). The highest BCUT2D eigenvalue weighted by atomic mass is 35.5. The molecular weight excluding hydrogens is 437 g/mol. The lowest BCUT2D eigenvalue weighted by Crippen LogP contribution is -2.31. The molecule has 0 bridgehead atoms. The van der Waals surface area contributed by atoms with Gasteiger partial charge < -0.3 is 0 Å². The van der Waals surface area contributed by atoms with Crippen molar-refractivity contribution in [2.75, 3.05) is 4.90 Å². The topological polar surface area (TPSA) is 46.1 Å². The molecule has 0 radical (unpaired) electrons. The summed E-state index contributed by atoms with van der Waals surface area (Å²) in [5.74, 6) is -0.289. The number of hydrogen-bond acceptors (Lipinski definition) is 4. The Morgan fingerprint density at radius 3 is 2.57 bits per heavy atom. The van der Waals surface area contributed by atoms with E-state index in [-0.39, 0.29) is 17.5 Å². The van der Waals surface area contributed by atoms with Crippen LogP contribution in [0, 0.1) is 0 Å². The molecule has 0 saturated heterocycles. The van der Waals surface area contributed by atoms with Crippen LogP contribution in [0.15, 0.2) is 60.8 Å². The van der Waals surface area contributed by atoms with Crippen LogP contribution in [0.2, 0.25) is 15.1 Å². The number of carbonyl (C=O) groups is 1. The van der Waals surface area contributed by atoms with Crippen LogP contribution >= 0.6 is 46.1 Å². The maximum atomic E-state index is 13.3. The summed E-state index contributed by atoms with van der Waals surface area (Å²) in [5, 5.41) is 1.80. The van der Waals surface area contributed by atoms with Crippen LogP contribution in [-0.2, 0) is 6.54 Å². The number of rotatable bonds is 4. The van der Waals surface area contributed by atoms with E-state index >= 15 is 0 Å². The number of amides is 1. The maximum absolute atomic E-state index is 13.3. The normalized spacial score (nSPS) is 11.0. The van der Waals surface area contributed by atoms with Crippen LogP contribution in [0.3, 0.4) is 0 Å².